The number of fused-ring (bicyclic) bond motifs is 2. The van der Waals surface area contributed by atoms with Crippen LogP contribution in [-0.4, -0.2) is 49.0 Å². The number of aryl methyl sites for hydroxylation is 1. The second kappa shape index (κ2) is 7.86. The normalized spacial score (nSPS) is 24.3. The molecule has 3 atom stereocenters. The fraction of sp³-hybridized carbons (Fsp3) is 0.476. The zero-order chi connectivity index (χ0) is 22.5. The number of hydrogen-bond donors (Lipinski definition) is 2. The van der Waals surface area contributed by atoms with Crippen molar-refractivity contribution >= 4 is 23.3 Å². The van der Waals surface area contributed by atoms with Crippen LogP contribution in [0.15, 0.2) is 28.9 Å². The van der Waals surface area contributed by atoms with Gasteiger partial charge in [0.2, 0.25) is 11.8 Å². The fourth-order valence-corrected chi connectivity index (χ4v) is 5.24. The minimum absolute atomic E-state index is 0.141. The van der Waals surface area contributed by atoms with E-state index in [1.165, 1.54) is 0 Å². The van der Waals surface area contributed by atoms with Gasteiger partial charge in [-0.25, -0.2) is 9.78 Å². The third kappa shape index (κ3) is 3.43. The highest BCUT2D eigenvalue weighted by Crippen LogP contribution is 2.55. The van der Waals surface area contributed by atoms with Crippen LogP contribution in [0.4, 0.5) is 10.5 Å². The molecule has 2 aliphatic rings. The van der Waals surface area contributed by atoms with Gasteiger partial charge in [-0.15, -0.1) is 10.2 Å². The predicted octanol–water partition coefficient (Wildman–Crippen LogP) is 3.17. The van der Waals surface area contributed by atoms with E-state index < -0.39 is 5.54 Å². The van der Waals surface area contributed by atoms with Gasteiger partial charge in [0.1, 0.15) is 11.9 Å². The van der Waals surface area contributed by atoms with E-state index in [2.05, 4.69) is 37.8 Å². The van der Waals surface area contributed by atoms with Gasteiger partial charge < -0.3 is 20.0 Å². The lowest BCUT2D eigenvalue weighted by molar-refractivity contribution is -0.110. The highest BCUT2D eigenvalue weighted by molar-refractivity contribution is 6.33. The van der Waals surface area contributed by atoms with E-state index in [-0.39, 0.29) is 12.1 Å². The zero-order valence-corrected chi connectivity index (χ0v) is 18.9. The minimum atomic E-state index is -0.566. The van der Waals surface area contributed by atoms with Gasteiger partial charge in [-0.3, -0.25) is 4.68 Å². The quantitative estimate of drug-likeness (QED) is 0.606. The summed E-state index contributed by atoms with van der Waals surface area (Å²) >= 11 is 6.36. The van der Waals surface area contributed by atoms with Crippen molar-refractivity contribution in [3.63, 3.8) is 0 Å². The van der Waals surface area contributed by atoms with Crippen LogP contribution >= 0.6 is 11.6 Å². The molecule has 2 bridgehead atoms. The molecule has 2 fully saturated rings. The molecule has 0 spiro atoms. The van der Waals surface area contributed by atoms with Gasteiger partial charge in [-0.1, -0.05) is 18.5 Å². The summed E-state index contributed by atoms with van der Waals surface area (Å²) in [6.45, 7) is 2.69. The number of halogens is 1. The summed E-state index contributed by atoms with van der Waals surface area (Å²) < 4.78 is 7.54. The first-order valence-electron chi connectivity index (χ1n) is 10.6. The molecule has 3 aromatic rings. The number of nitrogens with one attached hydrogen (secondary N) is 2. The first-order chi connectivity index (χ1) is 15.4. The summed E-state index contributed by atoms with van der Waals surface area (Å²) in [7, 11) is 3.61. The van der Waals surface area contributed by atoms with Crippen LogP contribution in [-0.2, 0) is 19.1 Å². The third-order valence-corrected chi connectivity index (χ3v) is 6.56. The molecule has 1 saturated heterocycles. The maximum atomic E-state index is 13.4. The molecular weight excluding hydrogens is 432 g/mol. The molecule has 3 heterocycles. The summed E-state index contributed by atoms with van der Waals surface area (Å²) in [4.78, 5) is 19.5. The SMILES string of the molecule is CNCc1nnc([C@@]23CC(C[C@H](C)C2)N3C(=O)Nc2ccc(Cl)c(-c3ncn(C)n3)c2)o1. The van der Waals surface area contributed by atoms with Crippen LogP contribution in [0.5, 0.6) is 0 Å². The van der Waals surface area contributed by atoms with Crippen molar-refractivity contribution in [3.05, 3.63) is 41.3 Å². The number of urea groups is 1. The molecular formula is C21H25ClN8O2. The summed E-state index contributed by atoms with van der Waals surface area (Å²) in [5.74, 6) is 2.00. The highest BCUT2D eigenvalue weighted by atomic mass is 35.5. The largest absolute Gasteiger partial charge is 0.421 e. The van der Waals surface area contributed by atoms with Crippen LogP contribution in [0.2, 0.25) is 5.02 Å². The first kappa shape index (κ1) is 20.9. The van der Waals surface area contributed by atoms with Crippen molar-refractivity contribution in [3.8, 4) is 11.4 Å². The Kier molecular flexibility index (Phi) is 5.13. The number of piperidine rings is 1. The van der Waals surface area contributed by atoms with Crippen molar-refractivity contribution in [2.45, 2.75) is 44.3 Å². The highest BCUT2D eigenvalue weighted by Gasteiger charge is 2.62. The monoisotopic (exact) mass is 456 g/mol. The van der Waals surface area contributed by atoms with E-state index in [1.807, 2.05) is 11.9 Å². The molecule has 1 unspecified atom stereocenters. The van der Waals surface area contributed by atoms with E-state index in [9.17, 15) is 4.79 Å². The Hall–Kier alpha value is -2.98. The molecule has 168 valence electrons. The number of amides is 2. The van der Waals surface area contributed by atoms with Crippen LogP contribution in [0.1, 0.15) is 38.0 Å². The molecule has 5 rings (SSSR count). The van der Waals surface area contributed by atoms with Gasteiger partial charge in [0.05, 0.1) is 11.6 Å². The van der Waals surface area contributed by atoms with E-state index in [0.717, 1.165) is 19.3 Å². The second-order valence-electron chi connectivity index (χ2n) is 8.70. The van der Waals surface area contributed by atoms with Crippen molar-refractivity contribution < 1.29 is 9.21 Å². The summed E-state index contributed by atoms with van der Waals surface area (Å²) in [5, 5.41) is 19.3. The molecule has 1 saturated carbocycles. The Bertz CT molecular complexity index is 1160. The molecule has 2 amide bonds. The van der Waals surface area contributed by atoms with Crippen molar-refractivity contribution in [2.75, 3.05) is 12.4 Å². The van der Waals surface area contributed by atoms with Crippen LogP contribution in [0.25, 0.3) is 11.4 Å². The maximum Gasteiger partial charge on any atom is 0.323 e. The van der Waals surface area contributed by atoms with Crippen molar-refractivity contribution in [2.24, 2.45) is 13.0 Å². The molecule has 1 aliphatic carbocycles. The number of likely N-dealkylation sites (tertiary alicyclic amines) is 1. The second-order valence-corrected chi connectivity index (χ2v) is 9.11. The van der Waals surface area contributed by atoms with E-state index in [0.29, 0.717) is 46.3 Å². The van der Waals surface area contributed by atoms with Gasteiger partial charge in [0.25, 0.3) is 0 Å². The summed E-state index contributed by atoms with van der Waals surface area (Å²) in [5.41, 5.74) is 0.714. The standard InChI is InChI=1S/C21H25ClN8O2/c1-12-6-14-9-21(8-12,19-27-26-17(32-19)10-23-2)30(14)20(31)25-13-4-5-16(22)15(7-13)18-24-11-29(3)28-18/h4-5,7,11-12,14,23H,6,8-10H2,1-3H3,(H,25,31)/t12-,14?,21-/m0/s1. The Morgan fingerprint density at radius 3 is 2.94 bits per heavy atom. The lowest BCUT2D eigenvalue weighted by atomic mass is 9.64. The number of carbonyl (C=O) groups excluding carboxylic acids is 1. The summed E-state index contributed by atoms with van der Waals surface area (Å²) in [6, 6.07) is 5.25. The molecule has 2 N–H and O–H groups in total. The summed E-state index contributed by atoms with van der Waals surface area (Å²) in [6.07, 6.45) is 4.18. The lowest BCUT2D eigenvalue weighted by Crippen LogP contribution is -2.70. The third-order valence-electron chi connectivity index (χ3n) is 6.23. The Balaban J connectivity index is 1.41. The van der Waals surface area contributed by atoms with Gasteiger partial charge in [0.15, 0.2) is 5.82 Å². The van der Waals surface area contributed by atoms with E-state index >= 15 is 0 Å². The van der Waals surface area contributed by atoms with E-state index in [4.69, 9.17) is 16.0 Å². The van der Waals surface area contributed by atoms with Gasteiger partial charge in [0, 0.05) is 30.8 Å². The Morgan fingerprint density at radius 2 is 2.19 bits per heavy atom. The van der Waals surface area contributed by atoms with Gasteiger partial charge in [-0.05, 0) is 44.0 Å². The molecule has 10 nitrogen and oxygen atoms in total. The Labute approximate surface area is 190 Å². The molecule has 0 radical (unpaired) electrons. The van der Waals surface area contributed by atoms with Gasteiger partial charge in [-0.2, -0.15) is 5.10 Å². The molecule has 32 heavy (non-hydrogen) atoms. The zero-order valence-electron chi connectivity index (χ0n) is 18.2. The number of nitrogens with zero attached hydrogens (tertiary/aromatic N) is 6. The molecule has 1 aromatic carbocycles. The number of anilines is 1. The molecule has 1 aliphatic heterocycles. The number of aromatic nitrogens is 5. The van der Waals surface area contributed by atoms with E-state index in [1.54, 1.807) is 36.3 Å². The topological polar surface area (TPSA) is 114 Å². The lowest BCUT2D eigenvalue weighted by Gasteiger charge is -2.61. The minimum Gasteiger partial charge on any atom is -0.421 e. The van der Waals surface area contributed by atoms with Crippen LogP contribution < -0.4 is 10.6 Å². The average molecular weight is 457 g/mol. The number of hydrogen-bond acceptors (Lipinski definition) is 7. The van der Waals surface area contributed by atoms with Crippen molar-refractivity contribution in [1.29, 1.82) is 0 Å². The van der Waals surface area contributed by atoms with Gasteiger partial charge >= 0.3 is 6.03 Å². The Morgan fingerprint density at radius 1 is 1.34 bits per heavy atom. The number of benzene rings is 1. The molecule has 2 aromatic heterocycles. The fourth-order valence-electron chi connectivity index (χ4n) is 5.03. The smallest absolute Gasteiger partial charge is 0.323 e. The number of rotatable bonds is 5. The molecule has 11 heteroatoms. The predicted molar refractivity (Wildman–Crippen MR) is 118 cm³/mol. The maximum absolute atomic E-state index is 13.4. The van der Waals surface area contributed by atoms with Crippen molar-refractivity contribution in [1.82, 2.24) is 35.2 Å². The van der Waals surface area contributed by atoms with Crippen LogP contribution in [0, 0.1) is 5.92 Å². The van der Waals surface area contributed by atoms with Crippen LogP contribution in [0.3, 0.4) is 0 Å². The number of carbonyl (C=O) groups is 1. The average Bonchev–Trinajstić information content (AvgIpc) is 3.38. The first-order valence-corrected chi connectivity index (χ1v) is 11.0.